The van der Waals surface area contributed by atoms with E-state index in [0.717, 1.165) is 0 Å². The molecular weight excluding hydrogens is 240 g/mol. The summed E-state index contributed by atoms with van der Waals surface area (Å²) in [7, 11) is 2.75. The van der Waals surface area contributed by atoms with Crippen LogP contribution < -0.4 is 4.74 Å². The van der Waals surface area contributed by atoms with Crippen molar-refractivity contribution in [2.45, 2.75) is 13.2 Å². The normalized spacial score (nSPS) is 17.3. The van der Waals surface area contributed by atoms with E-state index in [4.69, 9.17) is 14.2 Å². The Morgan fingerprint density at radius 2 is 2.11 bits per heavy atom. The maximum Gasteiger partial charge on any atom is 0.345 e. The first-order valence-corrected chi connectivity index (χ1v) is 5.19. The van der Waals surface area contributed by atoms with E-state index >= 15 is 0 Å². The maximum atomic E-state index is 11.8. The minimum absolute atomic E-state index is 0.0130. The number of hydrogen-bond acceptors (Lipinski definition) is 5. The van der Waals surface area contributed by atoms with Crippen LogP contribution in [0.15, 0.2) is 6.07 Å². The third kappa shape index (κ3) is 1.62. The molecule has 1 unspecified atom stereocenters. The summed E-state index contributed by atoms with van der Waals surface area (Å²) in [6.07, 6.45) is -1.01. The van der Waals surface area contributed by atoms with Gasteiger partial charge >= 0.3 is 11.9 Å². The van der Waals surface area contributed by atoms with Crippen LogP contribution in [0.3, 0.4) is 0 Å². The monoisotopic (exact) mass is 252 g/mol. The second-order valence-electron chi connectivity index (χ2n) is 3.84. The zero-order valence-electron chi connectivity index (χ0n) is 10.1. The molecule has 0 aliphatic carbocycles. The quantitative estimate of drug-likeness (QED) is 0.821. The van der Waals surface area contributed by atoms with Gasteiger partial charge in [0.2, 0.25) is 6.29 Å². The zero-order valence-corrected chi connectivity index (χ0v) is 10.1. The van der Waals surface area contributed by atoms with Gasteiger partial charge in [-0.3, -0.25) is 0 Å². The number of hydrogen-bond donors (Lipinski definition) is 1. The van der Waals surface area contributed by atoms with E-state index in [0.29, 0.717) is 11.3 Å². The average molecular weight is 252 g/mol. The number of aryl methyl sites for hydroxylation is 1. The summed E-state index contributed by atoms with van der Waals surface area (Å²) in [5.41, 5.74) is 0.877. The summed E-state index contributed by atoms with van der Waals surface area (Å²) >= 11 is 0. The van der Waals surface area contributed by atoms with Gasteiger partial charge in [-0.2, -0.15) is 0 Å². The van der Waals surface area contributed by atoms with Crippen molar-refractivity contribution in [3.05, 3.63) is 28.3 Å². The van der Waals surface area contributed by atoms with Crippen molar-refractivity contribution < 1.29 is 28.9 Å². The lowest BCUT2D eigenvalue weighted by Gasteiger charge is -2.13. The Labute approximate surface area is 103 Å². The number of carboxylic acid groups (broad SMARTS) is 1. The van der Waals surface area contributed by atoms with Gasteiger partial charge in [0.15, 0.2) is 0 Å². The molecule has 0 amide bonds. The van der Waals surface area contributed by atoms with Crippen molar-refractivity contribution >= 4 is 11.9 Å². The Hall–Kier alpha value is -2.08. The van der Waals surface area contributed by atoms with E-state index < -0.39 is 18.2 Å². The van der Waals surface area contributed by atoms with Gasteiger partial charge in [-0.15, -0.1) is 0 Å². The number of fused-ring (bicyclic) bond motifs is 1. The van der Waals surface area contributed by atoms with Crippen LogP contribution in [-0.4, -0.2) is 31.3 Å². The molecule has 0 fully saturated rings. The molecule has 0 spiro atoms. The second-order valence-corrected chi connectivity index (χ2v) is 3.84. The number of carboxylic acids is 1. The first-order chi connectivity index (χ1) is 8.51. The lowest BCUT2D eigenvalue weighted by atomic mass is 9.97. The molecule has 1 heterocycles. The maximum absolute atomic E-state index is 11.8. The molecule has 1 aliphatic rings. The van der Waals surface area contributed by atoms with Crippen molar-refractivity contribution in [3.8, 4) is 5.75 Å². The number of cyclic esters (lactones) is 1. The molecule has 1 aromatic carbocycles. The minimum atomic E-state index is -1.14. The topological polar surface area (TPSA) is 82.1 Å². The van der Waals surface area contributed by atoms with E-state index in [-0.39, 0.29) is 16.7 Å². The summed E-state index contributed by atoms with van der Waals surface area (Å²) in [6, 6.07) is 1.44. The molecular formula is C12H12O6. The molecule has 0 saturated carbocycles. The van der Waals surface area contributed by atoms with Crippen molar-refractivity contribution in [1.82, 2.24) is 0 Å². The van der Waals surface area contributed by atoms with E-state index in [1.165, 1.54) is 20.3 Å². The molecule has 1 aromatic rings. The molecule has 0 radical (unpaired) electrons. The predicted molar refractivity (Wildman–Crippen MR) is 59.9 cm³/mol. The molecule has 96 valence electrons. The SMILES string of the molecule is COc1c(C)cc(C(=O)O)c2c1C(=O)OC2OC. The fraction of sp³-hybridized carbons (Fsp3) is 0.333. The van der Waals surface area contributed by atoms with Gasteiger partial charge in [-0.1, -0.05) is 0 Å². The number of esters is 1. The number of carbonyl (C=O) groups is 2. The molecule has 1 aliphatic heterocycles. The Kier molecular flexibility index (Phi) is 2.96. The van der Waals surface area contributed by atoms with Gasteiger partial charge in [-0.05, 0) is 18.6 Å². The van der Waals surface area contributed by atoms with Crippen LogP contribution in [-0.2, 0) is 9.47 Å². The largest absolute Gasteiger partial charge is 0.496 e. The number of benzene rings is 1. The van der Waals surface area contributed by atoms with Crippen molar-refractivity contribution in [1.29, 1.82) is 0 Å². The fourth-order valence-corrected chi connectivity index (χ4v) is 2.08. The number of methoxy groups -OCH3 is 2. The standard InChI is InChI=1S/C12H12O6/c1-5-4-6(10(13)14)7-8(9(5)16-2)11(15)18-12(7)17-3/h4,12H,1-3H3,(H,13,14). The highest BCUT2D eigenvalue weighted by molar-refractivity contribution is 6.02. The first-order valence-electron chi connectivity index (χ1n) is 5.19. The van der Waals surface area contributed by atoms with Gasteiger partial charge in [0.05, 0.1) is 18.2 Å². The molecule has 0 bridgehead atoms. The van der Waals surface area contributed by atoms with Gasteiger partial charge in [0.1, 0.15) is 11.3 Å². The summed E-state index contributed by atoms with van der Waals surface area (Å²) in [4.78, 5) is 23.0. The van der Waals surface area contributed by atoms with Gasteiger partial charge < -0.3 is 19.3 Å². The highest BCUT2D eigenvalue weighted by Gasteiger charge is 2.39. The summed E-state index contributed by atoms with van der Waals surface area (Å²) < 4.78 is 15.1. The van der Waals surface area contributed by atoms with Crippen LogP contribution in [0, 0.1) is 6.92 Å². The predicted octanol–water partition coefficient (Wildman–Crippen LogP) is 1.52. The van der Waals surface area contributed by atoms with Crippen LogP contribution in [0.25, 0.3) is 0 Å². The summed E-state index contributed by atoms with van der Waals surface area (Å²) in [6.45, 7) is 1.67. The van der Waals surface area contributed by atoms with Crippen LogP contribution in [0.4, 0.5) is 0 Å². The molecule has 6 heteroatoms. The van der Waals surface area contributed by atoms with Crippen LogP contribution in [0.1, 0.15) is 38.1 Å². The van der Waals surface area contributed by atoms with Crippen molar-refractivity contribution in [3.63, 3.8) is 0 Å². The number of ether oxygens (including phenoxy) is 3. The molecule has 0 aromatic heterocycles. The highest BCUT2D eigenvalue weighted by atomic mass is 16.7. The minimum Gasteiger partial charge on any atom is -0.496 e. The molecule has 18 heavy (non-hydrogen) atoms. The van der Waals surface area contributed by atoms with Crippen molar-refractivity contribution in [2.75, 3.05) is 14.2 Å². The van der Waals surface area contributed by atoms with E-state index in [9.17, 15) is 14.7 Å². The highest BCUT2D eigenvalue weighted by Crippen LogP contribution is 2.41. The van der Waals surface area contributed by atoms with Gasteiger partial charge in [0, 0.05) is 7.11 Å². The van der Waals surface area contributed by atoms with Crippen LogP contribution in [0.2, 0.25) is 0 Å². The van der Waals surface area contributed by atoms with E-state index in [1.807, 2.05) is 0 Å². The molecule has 1 atom stereocenters. The lowest BCUT2D eigenvalue weighted by Crippen LogP contribution is -2.09. The van der Waals surface area contributed by atoms with Gasteiger partial charge in [0.25, 0.3) is 0 Å². The first kappa shape index (κ1) is 12.4. The van der Waals surface area contributed by atoms with Crippen LogP contribution >= 0.6 is 0 Å². The fourth-order valence-electron chi connectivity index (χ4n) is 2.08. The van der Waals surface area contributed by atoms with E-state index in [2.05, 4.69) is 0 Å². The summed E-state index contributed by atoms with van der Waals surface area (Å²) in [5, 5.41) is 9.17. The third-order valence-corrected chi connectivity index (χ3v) is 2.81. The number of carbonyl (C=O) groups excluding carboxylic acids is 1. The lowest BCUT2D eigenvalue weighted by molar-refractivity contribution is -0.0819. The van der Waals surface area contributed by atoms with Crippen LogP contribution in [0.5, 0.6) is 5.75 Å². The van der Waals surface area contributed by atoms with Gasteiger partial charge in [-0.25, -0.2) is 9.59 Å². The number of rotatable bonds is 3. The molecule has 2 rings (SSSR count). The molecule has 6 nitrogen and oxygen atoms in total. The second kappa shape index (κ2) is 4.30. The van der Waals surface area contributed by atoms with Crippen molar-refractivity contribution in [2.24, 2.45) is 0 Å². The summed E-state index contributed by atoms with van der Waals surface area (Å²) in [5.74, 6) is -1.46. The third-order valence-electron chi connectivity index (χ3n) is 2.81. The molecule has 1 N–H and O–H groups in total. The Bertz CT molecular complexity index is 534. The Morgan fingerprint density at radius 3 is 2.61 bits per heavy atom. The molecule has 0 saturated heterocycles. The Morgan fingerprint density at radius 1 is 1.44 bits per heavy atom. The van der Waals surface area contributed by atoms with E-state index in [1.54, 1.807) is 6.92 Å². The average Bonchev–Trinajstić information content (AvgIpc) is 2.66. The number of aromatic carboxylic acids is 1. The Balaban J connectivity index is 2.79. The zero-order chi connectivity index (χ0) is 13.4. The smallest absolute Gasteiger partial charge is 0.345 e.